The van der Waals surface area contributed by atoms with Crippen molar-refractivity contribution >= 4 is 23.9 Å². The van der Waals surface area contributed by atoms with Gasteiger partial charge < -0.3 is 25.8 Å². The van der Waals surface area contributed by atoms with Crippen molar-refractivity contribution in [3.05, 3.63) is 35.9 Å². The largest absolute Gasteiger partial charge is 0.467 e. The average molecular weight is 421 g/mol. The summed E-state index contributed by atoms with van der Waals surface area (Å²) in [5.41, 5.74) is 5.38. The van der Waals surface area contributed by atoms with Crippen molar-refractivity contribution in [1.82, 2.24) is 10.6 Å². The van der Waals surface area contributed by atoms with Crippen LogP contribution >= 0.6 is 0 Å². The van der Waals surface area contributed by atoms with E-state index in [-0.39, 0.29) is 19.3 Å². The van der Waals surface area contributed by atoms with E-state index in [1.165, 1.54) is 7.11 Å². The van der Waals surface area contributed by atoms with Gasteiger partial charge in [0.15, 0.2) is 0 Å². The summed E-state index contributed by atoms with van der Waals surface area (Å²) in [4.78, 5) is 48.1. The predicted molar refractivity (Wildman–Crippen MR) is 110 cm³/mol. The molecule has 4 N–H and O–H groups in total. The number of aryl methyl sites for hydroxylation is 1. The van der Waals surface area contributed by atoms with Crippen LogP contribution in [0.15, 0.2) is 30.3 Å². The van der Waals surface area contributed by atoms with Crippen LogP contribution in [0.3, 0.4) is 0 Å². The highest BCUT2D eigenvalue weighted by Crippen LogP contribution is 2.10. The molecule has 0 radical (unpaired) electrons. The van der Waals surface area contributed by atoms with Crippen LogP contribution in [-0.4, -0.2) is 48.7 Å². The van der Waals surface area contributed by atoms with Gasteiger partial charge in [-0.05, 0) is 45.6 Å². The molecule has 9 heteroatoms. The van der Waals surface area contributed by atoms with E-state index in [4.69, 9.17) is 10.5 Å². The van der Waals surface area contributed by atoms with Crippen LogP contribution in [-0.2, 0) is 30.3 Å². The number of hydrogen-bond acceptors (Lipinski definition) is 6. The first-order valence-electron chi connectivity index (χ1n) is 9.71. The number of carbonyl (C=O) groups is 4. The normalized spacial score (nSPS) is 12.9. The van der Waals surface area contributed by atoms with Gasteiger partial charge in [0.2, 0.25) is 11.8 Å². The highest BCUT2D eigenvalue weighted by molar-refractivity contribution is 5.90. The summed E-state index contributed by atoms with van der Waals surface area (Å²) in [5.74, 6) is -1.90. The molecule has 0 heterocycles. The predicted octanol–water partition coefficient (Wildman–Crippen LogP) is 1.44. The van der Waals surface area contributed by atoms with E-state index in [0.717, 1.165) is 5.56 Å². The molecule has 0 saturated heterocycles. The minimum Gasteiger partial charge on any atom is -0.467 e. The molecule has 30 heavy (non-hydrogen) atoms. The van der Waals surface area contributed by atoms with Crippen LogP contribution in [0.5, 0.6) is 0 Å². The summed E-state index contributed by atoms with van der Waals surface area (Å²) in [5, 5.41) is 5.09. The fourth-order valence-corrected chi connectivity index (χ4v) is 2.62. The van der Waals surface area contributed by atoms with Gasteiger partial charge in [0.1, 0.15) is 17.7 Å². The molecule has 0 unspecified atom stereocenters. The highest BCUT2D eigenvalue weighted by Gasteiger charge is 2.29. The van der Waals surface area contributed by atoms with Gasteiger partial charge in [-0.2, -0.15) is 0 Å². The van der Waals surface area contributed by atoms with Crippen LogP contribution in [0.4, 0.5) is 4.79 Å². The van der Waals surface area contributed by atoms with E-state index in [1.807, 2.05) is 30.3 Å². The van der Waals surface area contributed by atoms with Gasteiger partial charge in [-0.15, -0.1) is 0 Å². The molecule has 0 fully saturated rings. The Morgan fingerprint density at radius 3 is 2.17 bits per heavy atom. The van der Waals surface area contributed by atoms with E-state index < -0.39 is 41.6 Å². The molecular weight excluding hydrogens is 390 g/mol. The summed E-state index contributed by atoms with van der Waals surface area (Å²) in [6.45, 7) is 5.13. The van der Waals surface area contributed by atoms with Crippen molar-refractivity contribution in [2.75, 3.05) is 7.11 Å². The molecule has 166 valence electrons. The van der Waals surface area contributed by atoms with E-state index in [1.54, 1.807) is 20.8 Å². The third-order valence-corrected chi connectivity index (χ3v) is 4.05. The second-order valence-corrected chi connectivity index (χ2v) is 7.81. The Hall–Kier alpha value is -3.10. The third-order valence-electron chi connectivity index (χ3n) is 4.05. The second-order valence-electron chi connectivity index (χ2n) is 7.81. The van der Waals surface area contributed by atoms with Crippen molar-refractivity contribution in [3.8, 4) is 0 Å². The number of nitrogens with two attached hydrogens (primary N) is 1. The fourth-order valence-electron chi connectivity index (χ4n) is 2.62. The summed E-state index contributed by atoms with van der Waals surface area (Å²) >= 11 is 0. The van der Waals surface area contributed by atoms with Crippen molar-refractivity contribution in [2.24, 2.45) is 5.73 Å². The molecular formula is C21H31N3O6. The maximum atomic E-state index is 12.8. The molecule has 9 nitrogen and oxygen atoms in total. The maximum Gasteiger partial charge on any atom is 0.408 e. The van der Waals surface area contributed by atoms with Gasteiger partial charge in [0.25, 0.3) is 0 Å². The number of carbonyl (C=O) groups excluding carboxylic acids is 4. The lowest BCUT2D eigenvalue weighted by Gasteiger charge is -2.25. The lowest BCUT2D eigenvalue weighted by atomic mass is 10.0. The number of esters is 1. The Bertz CT molecular complexity index is 730. The molecule has 1 aromatic carbocycles. The number of amides is 3. The Kier molecular flexibility index (Phi) is 9.80. The Balaban J connectivity index is 2.90. The molecule has 0 spiro atoms. The molecule has 0 aliphatic heterocycles. The van der Waals surface area contributed by atoms with E-state index in [0.29, 0.717) is 6.42 Å². The molecule has 0 saturated carbocycles. The van der Waals surface area contributed by atoms with E-state index in [9.17, 15) is 19.2 Å². The molecule has 0 bridgehead atoms. The number of methoxy groups -OCH3 is 1. The van der Waals surface area contributed by atoms with Crippen LogP contribution in [0.1, 0.15) is 45.6 Å². The first-order chi connectivity index (χ1) is 14.0. The molecule has 0 aliphatic rings. The van der Waals surface area contributed by atoms with Gasteiger partial charge in [-0.1, -0.05) is 30.3 Å². The summed E-state index contributed by atoms with van der Waals surface area (Å²) < 4.78 is 9.92. The minimum absolute atomic E-state index is 0.00834. The monoisotopic (exact) mass is 421 g/mol. The summed E-state index contributed by atoms with van der Waals surface area (Å²) in [6, 6.07) is 7.44. The lowest BCUT2D eigenvalue weighted by molar-refractivity contribution is -0.145. The number of hydrogen-bond donors (Lipinski definition) is 3. The van der Waals surface area contributed by atoms with Crippen LogP contribution in [0.2, 0.25) is 0 Å². The first-order valence-corrected chi connectivity index (χ1v) is 9.71. The zero-order valence-electron chi connectivity index (χ0n) is 17.9. The Morgan fingerprint density at radius 1 is 1.00 bits per heavy atom. The van der Waals surface area contributed by atoms with Crippen molar-refractivity contribution in [1.29, 1.82) is 0 Å². The van der Waals surface area contributed by atoms with Gasteiger partial charge in [0.05, 0.1) is 7.11 Å². The number of benzene rings is 1. The molecule has 0 aliphatic carbocycles. The van der Waals surface area contributed by atoms with E-state index in [2.05, 4.69) is 15.4 Å². The topological polar surface area (TPSA) is 137 Å². The zero-order valence-corrected chi connectivity index (χ0v) is 17.9. The van der Waals surface area contributed by atoms with Crippen molar-refractivity contribution in [2.45, 2.75) is 64.1 Å². The molecule has 3 amide bonds. The van der Waals surface area contributed by atoms with Crippen molar-refractivity contribution in [3.63, 3.8) is 0 Å². The fraction of sp³-hybridized carbons (Fsp3) is 0.524. The SMILES string of the molecule is COC(=O)[C@H](CCC(N)=O)NC(=O)[C@@H](CCc1ccccc1)NC(=O)OC(C)(C)C. The number of ether oxygens (including phenoxy) is 2. The Morgan fingerprint density at radius 2 is 1.63 bits per heavy atom. The van der Waals surface area contributed by atoms with Crippen LogP contribution in [0.25, 0.3) is 0 Å². The maximum absolute atomic E-state index is 12.8. The van der Waals surface area contributed by atoms with Crippen LogP contribution < -0.4 is 16.4 Å². The summed E-state index contributed by atoms with van der Waals surface area (Å²) in [7, 11) is 1.18. The van der Waals surface area contributed by atoms with Gasteiger partial charge >= 0.3 is 12.1 Å². The second kappa shape index (κ2) is 11.8. The molecule has 0 aromatic heterocycles. The van der Waals surface area contributed by atoms with Gasteiger partial charge in [0, 0.05) is 6.42 Å². The molecule has 2 atom stereocenters. The smallest absolute Gasteiger partial charge is 0.408 e. The van der Waals surface area contributed by atoms with Gasteiger partial charge in [-0.25, -0.2) is 9.59 Å². The number of primary amides is 1. The average Bonchev–Trinajstić information content (AvgIpc) is 2.66. The third kappa shape index (κ3) is 9.90. The lowest BCUT2D eigenvalue weighted by Crippen LogP contribution is -2.52. The first kappa shape index (κ1) is 24.9. The highest BCUT2D eigenvalue weighted by atomic mass is 16.6. The minimum atomic E-state index is -1.06. The quantitative estimate of drug-likeness (QED) is 0.489. The Labute approximate surface area is 176 Å². The number of rotatable bonds is 10. The van der Waals surface area contributed by atoms with Gasteiger partial charge in [-0.3, -0.25) is 9.59 Å². The van der Waals surface area contributed by atoms with Crippen molar-refractivity contribution < 1.29 is 28.7 Å². The molecule has 1 rings (SSSR count). The zero-order chi connectivity index (χ0) is 22.7. The number of alkyl carbamates (subject to hydrolysis) is 1. The van der Waals surface area contributed by atoms with E-state index >= 15 is 0 Å². The summed E-state index contributed by atoms with van der Waals surface area (Å²) in [6.07, 6.45) is -0.0696. The standard InChI is InChI=1S/C21H31N3O6/c1-21(2,3)30-20(28)24-15(11-10-14-8-6-5-7-9-14)18(26)23-16(19(27)29-4)12-13-17(22)25/h5-9,15-16H,10-13H2,1-4H3,(H2,22,25)(H,23,26)(H,24,28)/t15-,16+/m1/s1. The van der Waals surface area contributed by atoms with Crippen LogP contribution in [0, 0.1) is 0 Å². The molecule has 1 aromatic rings. The number of nitrogens with one attached hydrogen (secondary N) is 2.